The molecule has 2 heterocycles. The number of fused-ring (bicyclic) bond motifs is 1. The van der Waals surface area contributed by atoms with Gasteiger partial charge in [-0.05, 0) is 29.0 Å². The van der Waals surface area contributed by atoms with Crippen LogP contribution in [0.5, 0.6) is 0 Å². The number of hydrogen-bond acceptors (Lipinski definition) is 5. The summed E-state index contributed by atoms with van der Waals surface area (Å²) < 4.78 is 1.30. The molecule has 3 rings (SSSR count). The lowest BCUT2D eigenvalue weighted by atomic mass is 10.1. The molecule has 0 unspecified atom stereocenters. The van der Waals surface area contributed by atoms with Crippen molar-refractivity contribution in [1.82, 2.24) is 14.9 Å². The first-order valence-electron chi connectivity index (χ1n) is 7.52. The molecular weight excluding hydrogens is 324 g/mol. The molecule has 0 aliphatic heterocycles. The maximum atomic E-state index is 12.4. The van der Waals surface area contributed by atoms with Gasteiger partial charge in [0.25, 0.3) is 11.5 Å². The quantitative estimate of drug-likeness (QED) is 0.755. The fraction of sp³-hybridized carbons (Fsp3) is 0.235. The number of nitrogens with zero attached hydrogens (tertiary/aromatic N) is 2. The third-order valence-corrected chi connectivity index (χ3v) is 4.87. The molecule has 3 N–H and O–H groups in total. The van der Waals surface area contributed by atoms with Crippen molar-refractivity contribution in [2.24, 2.45) is 12.8 Å². The number of nitrogens with one attached hydrogen (secondary N) is 1. The molecule has 24 heavy (non-hydrogen) atoms. The molecule has 0 saturated carbocycles. The van der Waals surface area contributed by atoms with Crippen LogP contribution in [0.2, 0.25) is 0 Å². The SMILES string of the molecule is Cc1csc2nc(C(=O)NCc3cccc(CN)c3)n(C)c(=O)c12. The van der Waals surface area contributed by atoms with E-state index in [1.807, 2.05) is 36.6 Å². The molecule has 0 fully saturated rings. The zero-order valence-electron chi connectivity index (χ0n) is 13.5. The summed E-state index contributed by atoms with van der Waals surface area (Å²) in [6.07, 6.45) is 0. The Labute approximate surface area is 142 Å². The maximum absolute atomic E-state index is 12.4. The molecule has 0 aliphatic carbocycles. The van der Waals surface area contributed by atoms with E-state index in [0.717, 1.165) is 16.7 Å². The van der Waals surface area contributed by atoms with Gasteiger partial charge in [-0.1, -0.05) is 24.3 Å². The molecule has 1 amide bonds. The summed E-state index contributed by atoms with van der Waals surface area (Å²) in [6.45, 7) is 2.67. The highest BCUT2D eigenvalue weighted by Crippen LogP contribution is 2.20. The predicted molar refractivity (Wildman–Crippen MR) is 95.1 cm³/mol. The summed E-state index contributed by atoms with van der Waals surface area (Å²) in [7, 11) is 1.57. The van der Waals surface area contributed by atoms with Gasteiger partial charge in [-0.2, -0.15) is 0 Å². The van der Waals surface area contributed by atoms with E-state index in [1.165, 1.54) is 15.9 Å². The van der Waals surface area contributed by atoms with Crippen molar-refractivity contribution in [3.05, 3.63) is 62.5 Å². The van der Waals surface area contributed by atoms with Gasteiger partial charge in [0.2, 0.25) is 5.82 Å². The summed E-state index contributed by atoms with van der Waals surface area (Å²) in [5.41, 5.74) is 8.26. The van der Waals surface area contributed by atoms with Crippen molar-refractivity contribution < 1.29 is 4.79 Å². The minimum atomic E-state index is -0.374. The van der Waals surface area contributed by atoms with Crippen molar-refractivity contribution >= 4 is 27.5 Å². The van der Waals surface area contributed by atoms with Crippen LogP contribution in [0.1, 0.15) is 27.3 Å². The number of benzene rings is 1. The van der Waals surface area contributed by atoms with E-state index in [0.29, 0.717) is 23.3 Å². The van der Waals surface area contributed by atoms with Gasteiger partial charge in [0.15, 0.2) is 0 Å². The lowest BCUT2D eigenvalue weighted by molar-refractivity contribution is 0.0936. The molecule has 6 nitrogen and oxygen atoms in total. The van der Waals surface area contributed by atoms with Gasteiger partial charge in [0.05, 0.1) is 5.39 Å². The molecule has 1 aromatic carbocycles. The van der Waals surface area contributed by atoms with Crippen molar-refractivity contribution in [3.63, 3.8) is 0 Å². The average molecular weight is 342 g/mol. The van der Waals surface area contributed by atoms with Gasteiger partial charge in [-0.3, -0.25) is 14.2 Å². The Kier molecular flexibility index (Phi) is 4.46. The molecular formula is C17H18N4O2S. The number of nitrogens with two attached hydrogens (primary N) is 1. The normalized spacial score (nSPS) is 11.0. The van der Waals surface area contributed by atoms with Crippen LogP contribution >= 0.6 is 11.3 Å². The third-order valence-electron chi connectivity index (χ3n) is 3.88. The zero-order valence-corrected chi connectivity index (χ0v) is 14.3. The Bertz CT molecular complexity index is 974. The van der Waals surface area contributed by atoms with E-state index in [-0.39, 0.29) is 17.3 Å². The lowest BCUT2D eigenvalue weighted by Gasteiger charge is -2.09. The molecule has 7 heteroatoms. The molecule has 0 aliphatic rings. The van der Waals surface area contributed by atoms with Crippen LogP contribution in [0.3, 0.4) is 0 Å². The number of aryl methyl sites for hydroxylation is 1. The van der Waals surface area contributed by atoms with Crippen molar-refractivity contribution in [2.45, 2.75) is 20.0 Å². The zero-order chi connectivity index (χ0) is 17.3. The third kappa shape index (κ3) is 2.95. The Hall–Kier alpha value is -2.51. The largest absolute Gasteiger partial charge is 0.345 e. The second-order valence-corrected chi connectivity index (χ2v) is 6.46. The Balaban J connectivity index is 1.86. The van der Waals surface area contributed by atoms with Gasteiger partial charge in [0, 0.05) is 20.1 Å². The number of aromatic nitrogens is 2. The summed E-state index contributed by atoms with van der Waals surface area (Å²) in [5, 5.41) is 5.26. The van der Waals surface area contributed by atoms with E-state index in [1.54, 1.807) is 7.05 Å². The number of rotatable bonds is 4. The van der Waals surface area contributed by atoms with Gasteiger partial charge < -0.3 is 11.1 Å². The first-order chi connectivity index (χ1) is 11.5. The number of amides is 1. The standard InChI is InChI=1S/C17H18N4O2S/c1-10-9-24-16-13(10)17(23)21(2)14(20-16)15(22)19-8-12-5-3-4-11(6-12)7-18/h3-6,9H,7-8,18H2,1-2H3,(H,19,22). The highest BCUT2D eigenvalue weighted by atomic mass is 32.1. The first kappa shape index (κ1) is 16.4. The summed E-state index contributed by atoms with van der Waals surface area (Å²) in [6, 6.07) is 7.69. The Morgan fingerprint density at radius 2 is 2.12 bits per heavy atom. The molecule has 0 atom stereocenters. The van der Waals surface area contributed by atoms with E-state index >= 15 is 0 Å². The van der Waals surface area contributed by atoms with Crippen LogP contribution in [0.15, 0.2) is 34.4 Å². The highest BCUT2D eigenvalue weighted by Gasteiger charge is 2.17. The topological polar surface area (TPSA) is 90.0 Å². The summed E-state index contributed by atoms with van der Waals surface area (Å²) in [5.74, 6) is -0.259. The van der Waals surface area contributed by atoms with Crippen LogP contribution in [0.4, 0.5) is 0 Å². The van der Waals surface area contributed by atoms with E-state index in [2.05, 4.69) is 10.3 Å². The molecule has 0 radical (unpaired) electrons. The molecule has 0 bridgehead atoms. The number of carbonyl (C=O) groups is 1. The second-order valence-electron chi connectivity index (χ2n) is 5.61. The fourth-order valence-electron chi connectivity index (χ4n) is 2.54. The molecule has 3 aromatic rings. The van der Waals surface area contributed by atoms with Gasteiger partial charge in [0.1, 0.15) is 4.83 Å². The van der Waals surface area contributed by atoms with Crippen LogP contribution < -0.4 is 16.6 Å². The fourth-order valence-corrected chi connectivity index (χ4v) is 3.45. The Morgan fingerprint density at radius 1 is 1.38 bits per heavy atom. The van der Waals surface area contributed by atoms with Crippen LogP contribution in [-0.4, -0.2) is 15.5 Å². The molecule has 0 spiro atoms. The highest BCUT2D eigenvalue weighted by molar-refractivity contribution is 7.16. The van der Waals surface area contributed by atoms with Gasteiger partial charge in [-0.25, -0.2) is 4.98 Å². The monoisotopic (exact) mass is 342 g/mol. The first-order valence-corrected chi connectivity index (χ1v) is 8.40. The average Bonchev–Trinajstić information content (AvgIpc) is 2.97. The second kappa shape index (κ2) is 6.54. The predicted octanol–water partition coefficient (Wildman–Crippen LogP) is 1.69. The minimum Gasteiger partial charge on any atom is -0.345 e. The van der Waals surface area contributed by atoms with E-state index < -0.39 is 0 Å². The van der Waals surface area contributed by atoms with E-state index in [4.69, 9.17) is 5.73 Å². The molecule has 124 valence electrons. The lowest BCUT2D eigenvalue weighted by Crippen LogP contribution is -2.32. The van der Waals surface area contributed by atoms with Gasteiger partial charge in [-0.15, -0.1) is 11.3 Å². The van der Waals surface area contributed by atoms with Crippen molar-refractivity contribution in [2.75, 3.05) is 0 Å². The minimum absolute atomic E-state index is 0.115. The van der Waals surface area contributed by atoms with Crippen LogP contribution in [-0.2, 0) is 20.1 Å². The summed E-state index contributed by atoms with van der Waals surface area (Å²) in [4.78, 5) is 29.8. The van der Waals surface area contributed by atoms with Crippen molar-refractivity contribution in [1.29, 1.82) is 0 Å². The van der Waals surface area contributed by atoms with Crippen molar-refractivity contribution in [3.8, 4) is 0 Å². The van der Waals surface area contributed by atoms with Gasteiger partial charge >= 0.3 is 0 Å². The van der Waals surface area contributed by atoms with E-state index in [9.17, 15) is 9.59 Å². The molecule has 0 saturated heterocycles. The number of hydrogen-bond donors (Lipinski definition) is 2. The summed E-state index contributed by atoms with van der Waals surface area (Å²) >= 11 is 1.37. The number of thiophene rings is 1. The van der Waals surface area contributed by atoms with Crippen LogP contribution in [0, 0.1) is 6.92 Å². The maximum Gasteiger partial charge on any atom is 0.287 e. The smallest absolute Gasteiger partial charge is 0.287 e. The van der Waals surface area contributed by atoms with Crippen LogP contribution in [0.25, 0.3) is 10.2 Å². The molecule has 2 aromatic heterocycles. The Morgan fingerprint density at radius 3 is 2.88 bits per heavy atom. The number of carbonyl (C=O) groups excluding carboxylic acids is 1.